The molecule has 1 aromatic rings. The molecule has 0 spiro atoms. The zero-order valence-electron chi connectivity index (χ0n) is 4.71. The van der Waals surface area contributed by atoms with Crippen molar-refractivity contribution in [3.05, 3.63) is 43.0 Å². The molecule has 1 nitrogen and oxygen atoms in total. The van der Waals surface area contributed by atoms with Gasteiger partial charge in [0.2, 0.25) is 0 Å². The zero-order valence-corrected chi connectivity index (χ0v) is 5.65. The predicted octanol–water partition coefficient (Wildman–Crippen LogP) is 1.78. The largest absolute Gasteiger partial charge is 1.00 e. The normalized spacial score (nSPS) is 5.56. The molecule has 0 fully saturated rings. The first kappa shape index (κ1) is 11.1. The van der Waals surface area contributed by atoms with Crippen LogP contribution in [0, 0.1) is 11.8 Å². The van der Waals surface area contributed by atoms with Crippen molar-refractivity contribution in [3.63, 3.8) is 0 Å². The standard InChI is InChI=1S/C6H6.CN.Cu/c1-2-4-6-5-3-1;1-2;/h1-6H;;/q;-1;+1. The average Bonchev–Trinajstić information content (AvgIpc) is 1.96. The second-order valence-corrected chi connectivity index (χ2v) is 1.15. The summed E-state index contributed by atoms with van der Waals surface area (Å²) in [5.41, 5.74) is 0. The van der Waals surface area contributed by atoms with E-state index < -0.39 is 0 Å². The molecule has 0 radical (unpaired) electrons. The van der Waals surface area contributed by atoms with Gasteiger partial charge < -0.3 is 11.8 Å². The fraction of sp³-hybridized carbons (Fsp3) is 0. The average molecular weight is 168 g/mol. The Labute approximate surface area is 65.8 Å². The summed E-state index contributed by atoms with van der Waals surface area (Å²) in [6, 6.07) is 12.0. The van der Waals surface area contributed by atoms with E-state index in [1.54, 1.807) is 0 Å². The Morgan fingerprint density at radius 1 is 0.667 bits per heavy atom. The van der Waals surface area contributed by atoms with Crippen LogP contribution in [0.25, 0.3) is 0 Å². The van der Waals surface area contributed by atoms with E-state index in [-0.39, 0.29) is 17.1 Å². The molecule has 0 heterocycles. The van der Waals surface area contributed by atoms with Crippen molar-refractivity contribution in [2.75, 3.05) is 0 Å². The molecule has 9 heavy (non-hydrogen) atoms. The van der Waals surface area contributed by atoms with Gasteiger partial charge in [-0.15, -0.1) is 0 Å². The Kier molecular flexibility index (Phi) is 12.6. The Morgan fingerprint density at radius 2 is 0.778 bits per heavy atom. The van der Waals surface area contributed by atoms with Gasteiger partial charge in [-0.25, -0.2) is 0 Å². The van der Waals surface area contributed by atoms with Gasteiger partial charge in [-0.3, -0.25) is 0 Å². The molecule has 2 heteroatoms. The van der Waals surface area contributed by atoms with Crippen molar-refractivity contribution < 1.29 is 17.1 Å². The summed E-state index contributed by atoms with van der Waals surface area (Å²) in [5.74, 6) is 0. The number of rotatable bonds is 0. The van der Waals surface area contributed by atoms with Gasteiger partial charge in [-0.05, 0) is 0 Å². The maximum atomic E-state index is 6.25. The van der Waals surface area contributed by atoms with Crippen LogP contribution in [-0.4, -0.2) is 0 Å². The summed E-state index contributed by atoms with van der Waals surface area (Å²) in [4.78, 5) is 0. The summed E-state index contributed by atoms with van der Waals surface area (Å²) in [6.45, 7) is 4.75. The maximum absolute atomic E-state index is 6.25. The minimum atomic E-state index is 0. The summed E-state index contributed by atoms with van der Waals surface area (Å²) in [6.07, 6.45) is 0. The first-order chi connectivity index (χ1) is 4.00. The van der Waals surface area contributed by atoms with Crippen LogP contribution in [0.4, 0.5) is 0 Å². The monoisotopic (exact) mass is 167 g/mol. The Bertz CT molecular complexity index is 109. The minimum Gasteiger partial charge on any atom is -0.512 e. The molecule has 0 N–H and O–H groups in total. The van der Waals surface area contributed by atoms with Gasteiger partial charge in [0.25, 0.3) is 0 Å². The Hall–Kier alpha value is -0.771. The van der Waals surface area contributed by atoms with Crippen LogP contribution in [-0.2, 0) is 17.1 Å². The van der Waals surface area contributed by atoms with E-state index in [1.807, 2.05) is 36.4 Å². The predicted molar refractivity (Wildman–Crippen MR) is 31.4 cm³/mol. The van der Waals surface area contributed by atoms with Gasteiger partial charge in [0.1, 0.15) is 0 Å². The SMILES string of the molecule is [C-]#N.[Cu+].c1ccccc1. The molecule has 0 unspecified atom stereocenters. The number of hydrogen-bond donors (Lipinski definition) is 0. The molecule has 0 aliphatic heterocycles. The molecule has 50 valence electrons. The van der Waals surface area contributed by atoms with Crippen molar-refractivity contribution in [1.82, 2.24) is 0 Å². The first-order valence-corrected chi connectivity index (χ1v) is 2.22. The van der Waals surface area contributed by atoms with Gasteiger partial charge in [-0.2, -0.15) is 0 Å². The molecule has 0 saturated heterocycles. The summed E-state index contributed by atoms with van der Waals surface area (Å²) >= 11 is 0. The van der Waals surface area contributed by atoms with Crippen molar-refractivity contribution in [1.29, 1.82) is 5.26 Å². The van der Waals surface area contributed by atoms with Crippen LogP contribution in [0.5, 0.6) is 0 Å². The van der Waals surface area contributed by atoms with E-state index in [4.69, 9.17) is 11.8 Å². The Balaban J connectivity index is 0. The van der Waals surface area contributed by atoms with Crippen LogP contribution < -0.4 is 0 Å². The molecular formula is C7H6CuN. The van der Waals surface area contributed by atoms with E-state index in [1.165, 1.54) is 0 Å². The topological polar surface area (TPSA) is 23.8 Å². The third-order valence-corrected chi connectivity index (χ3v) is 0.667. The van der Waals surface area contributed by atoms with Crippen LogP contribution in [0.2, 0.25) is 0 Å². The van der Waals surface area contributed by atoms with Crippen LogP contribution in [0.15, 0.2) is 36.4 Å². The van der Waals surface area contributed by atoms with Gasteiger partial charge >= 0.3 is 17.1 Å². The number of benzene rings is 1. The molecule has 0 saturated carbocycles. The van der Waals surface area contributed by atoms with Crippen LogP contribution in [0.1, 0.15) is 0 Å². The van der Waals surface area contributed by atoms with E-state index >= 15 is 0 Å². The summed E-state index contributed by atoms with van der Waals surface area (Å²) in [5, 5.41) is 6.25. The van der Waals surface area contributed by atoms with Crippen molar-refractivity contribution in [2.45, 2.75) is 0 Å². The molecule has 1 aromatic carbocycles. The van der Waals surface area contributed by atoms with Gasteiger partial charge in [0, 0.05) is 0 Å². The van der Waals surface area contributed by atoms with Crippen molar-refractivity contribution in [2.24, 2.45) is 0 Å². The molecule has 0 bridgehead atoms. The van der Waals surface area contributed by atoms with Crippen LogP contribution >= 0.6 is 0 Å². The van der Waals surface area contributed by atoms with Gasteiger partial charge in [0.15, 0.2) is 0 Å². The van der Waals surface area contributed by atoms with Crippen molar-refractivity contribution in [3.8, 4) is 0 Å². The molecule has 0 amide bonds. The summed E-state index contributed by atoms with van der Waals surface area (Å²) < 4.78 is 0. The Morgan fingerprint density at radius 3 is 0.889 bits per heavy atom. The number of hydrogen-bond acceptors (Lipinski definition) is 1. The smallest absolute Gasteiger partial charge is 0.512 e. The summed E-state index contributed by atoms with van der Waals surface area (Å²) in [7, 11) is 0. The first-order valence-electron chi connectivity index (χ1n) is 2.22. The fourth-order valence-electron chi connectivity index (χ4n) is 0.385. The molecular weight excluding hydrogens is 162 g/mol. The molecule has 0 aliphatic carbocycles. The number of nitrogens with zero attached hydrogens (tertiary/aromatic N) is 1. The second kappa shape index (κ2) is 10.3. The molecule has 0 aliphatic rings. The molecule has 0 aromatic heterocycles. The van der Waals surface area contributed by atoms with Gasteiger partial charge in [0.05, 0.1) is 0 Å². The van der Waals surface area contributed by atoms with E-state index in [9.17, 15) is 0 Å². The second-order valence-electron chi connectivity index (χ2n) is 1.15. The van der Waals surface area contributed by atoms with E-state index in [0.717, 1.165) is 0 Å². The molecule has 1 rings (SSSR count). The third-order valence-electron chi connectivity index (χ3n) is 0.667. The maximum Gasteiger partial charge on any atom is 1.00 e. The van der Waals surface area contributed by atoms with E-state index in [0.29, 0.717) is 0 Å². The van der Waals surface area contributed by atoms with Crippen LogP contribution in [0.3, 0.4) is 0 Å². The van der Waals surface area contributed by atoms with E-state index in [2.05, 4.69) is 0 Å². The fourth-order valence-corrected chi connectivity index (χ4v) is 0.385. The van der Waals surface area contributed by atoms with Gasteiger partial charge in [-0.1, -0.05) is 36.4 Å². The molecule has 0 atom stereocenters. The quantitative estimate of drug-likeness (QED) is 0.427. The zero-order chi connectivity index (χ0) is 6.24. The third kappa shape index (κ3) is 7.23. The minimum absolute atomic E-state index is 0. The van der Waals surface area contributed by atoms with Crippen molar-refractivity contribution >= 4 is 0 Å².